The summed E-state index contributed by atoms with van der Waals surface area (Å²) in [6.07, 6.45) is 1.03. The summed E-state index contributed by atoms with van der Waals surface area (Å²) in [6, 6.07) is 18.2. The van der Waals surface area contributed by atoms with Crippen molar-refractivity contribution in [1.29, 1.82) is 0 Å². The monoisotopic (exact) mass is 265 g/mol. The van der Waals surface area contributed by atoms with Crippen molar-refractivity contribution in [3.8, 4) is 0 Å². The van der Waals surface area contributed by atoms with E-state index in [4.69, 9.17) is 9.41 Å². The van der Waals surface area contributed by atoms with Gasteiger partial charge in [-0.25, -0.2) is 0 Å². The van der Waals surface area contributed by atoms with Crippen LogP contribution in [0, 0.1) is 0 Å². The van der Waals surface area contributed by atoms with Crippen LogP contribution in [0.2, 0.25) is 0 Å². The molecule has 1 aliphatic heterocycles. The highest BCUT2D eigenvalue weighted by Crippen LogP contribution is 2.09. The Morgan fingerprint density at radius 1 is 1.05 bits per heavy atom. The molecule has 0 amide bonds. The van der Waals surface area contributed by atoms with Crippen molar-refractivity contribution in [3.05, 3.63) is 65.7 Å². The van der Waals surface area contributed by atoms with E-state index in [1.54, 1.807) is 0 Å². The fourth-order valence-corrected chi connectivity index (χ4v) is 2.16. The summed E-state index contributed by atoms with van der Waals surface area (Å²) in [4.78, 5) is 0. The van der Waals surface area contributed by atoms with Gasteiger partial charge in [-0.1, -0.05) is 61.5 Å². The molecule has 20 heavy (non-hydrogen) atoms. The summed E-state index contributed by atoms with van der Waals surface area (Å²) >= 11 is 0. The van der Waals surface area contributed by atoms with E-state index in [0.717, 1.165) is 23.2 Å². The van der Waals surface area contributed by atoms with E-state index in [2.05, 4.69) is 24.2 Å². The van der Waals surface area contributed by atoms with Crippen LogP contribution in [0.5, 0.6) is 0 Å². The Morgan fingerprint density at radius 3 is 2.40 bits per heavy atom. The summed E-state index contributed by atoms with van der Waals surface area (Å²) in [6.45, 7) is 2.60. The van der Waals surface area contributed by atoms with Crippen molar-refractivity contribution in [1.82, 2.24) is 0 Å². The lowest BCUT2D eigenvalue weighted by atomic mass is 9.78. The number of aryl methyl sites for hydroxylation is 1. The lowest BCUT2D eigenvalue weighted by Gasteiger charge is -2.19. The van der Waals surface area contributed by atoms with E-state index in [-0.39, 0.29) is 0 Å². The second-order valence-electron chi connectivity index (χ2n) is 4.75. The summed E-state index contributed by atoms with van der Waals surface area (Å²) in [7, 11) is -0.409. The average Bonchev–Trinajstić information content (AvgIpc) is 2.56. The summed E-state index contributed by atoms with van der Waals surface area (Å²) in [5, 5.41) is 4.19. The molecule has 0 N–H and O–H groups in total. The smallest absolute Gasteiger partial charge is 0.426 e. The minimum atomic E-state index is -0.409. The fourth-order valence-electron chi connectivity index (χ4n) is 2.16. The van der Waals surface area contributed by atoms with Crippen LogP contribution in [0.15, 0.2) is 59.8 Å². The maximum absolute atomic E-state index is 5.75. The molecular weight excluding hydrogens is 249 g/mol. The third kappa shape index (κ3) is 2.75. The number of hydrogen-bond acceptors (Lipinski definition) is 3. The van der Waals surface area contributed by atoms with Crippen molar-refractivity contribution in [2.45, 2.75) is 13.3 Å². The molecular formula is C16H16BNO2. The molecule has 3 rings (SSSR count). The molecule has 1 heterocycles. The first-order valence-electron chi connectivity index (χ1n) is 6.85. The van der Waals surface area contributed by atoms with Gasteiger partial charge in [-0.3, -0.25) is 0 Å². The maximum Gasteiger partial charge on any atom is 0.585 e. The van der Waals surface area contributed by atoms with Gasteiger partial charge in [0.15, 0.2) is 0 Å². The Morgan fingerprint density at radius 2 is 1.80 bits per heavy atom. The van der Waals surface area contributed by atoms with Crippen molar-refractivity contribution in [2.75, 3.05) is 6.61 Å². The molecule has 0 spiro atoms. The summed E-state index contributed by atoms with van der Waals surface area (Å²) in [5.41, 5.74) is 4.16. The molecule has 0 saturated heterocycles. The maximum atomic E-state index is 5.75. The van der Waals surface area contributed by atoms with Crippen LogP contribution in [0.1, 0.15) is 18.1 Å². The minimum absolute atomic E-state index is 0.409. The standard InChI is InChI=1S/C16H16BNO2/c1-2-13-8-10-15(11-9-13)17-19-12-16(18-20-17)14-6-4-3-5-7-14/h3-11H,2,12H2,1H3. The molecule has 3 nitrogen and oxygen atoms in total. The van der Waals surface area contributed by atoms with E-state index < -0.39 is 7.12 Å². The topological polar surface area (TPSA) is 30.8 Å². The highest BCUT2D eigenvalue weighted by atomic mass is 16.7. The minimum Gasteiger partial charge on any atom is -0.426 e. The molecule has 0 saturated carbocycles. The molecule has 2 aromatic rings. The largest absolute Gasteiger partial charge is 0.585 e. The van der Waals surface area contributed by atoms with E-state index in [1.165, 1.54) is 5.56 Å². The van der Waals surface area contributed by atoms with Crippen LogP contribution in [0.4, 0.5) is 0 Å². The van der Waals surface area contributed by atoms with E-state index in [9.17, 15) is 0 Å². The van der Waals surface area contributed by atoms with Gasteiger partial charge in [0.1, 0.15) is 5.71 Å². The first-order chi connectivity index (χ1) is 9.86. The van der Waals surface area contributed by atoms with Gasteiger partial charge >= 0.3 is 7.12 Å². The first kappa shape index (κ1) is 12.9. The second kappa shape index (κ2) is 5.93. The zero-order valence-electron chi connectivity index (χ0n) is 11.5. The molecule has 0 unspecified atom stereocenters. The van der Waals surface area contributed by atoms with Gasteiger partial charge in [0, 0.05) is 5.56 Å². The molecule has 4 heteroatoms. The van der Waals surface area contributed by atoms with Gasteiger partial charge in [-0.2, -0.15) is 0 Å². The number of hydrogen-bond donors (Lipinski definition) is 0. The lowest BCUT2D eigenvalue weighted by molar-refractivity contribution is 0.214. The molecule has 0 bridgehead atoms. The fraction of sp³-hybridized carbons (Fsp3) is 0.188. The Bertz CT molecular complexity index is 596. The molecule has 0 radical (unpaired) electrons. The van der Waals surface area contributed by atoms with E-state index in [0.29, 0.717) is 6.61 Å². The van der Waals surface area contributed by atoms with Crippen molar-refractivity contribution in [3.63, 3.8) is 0 Å². The molecule has 0 fully saturated rings. The molecule has 0 aromatic heterocycles. The second-order valence-corrected chi connectivity index (χ2v) is 4.75. The number of oxime groups is 1. The highest BCUT2D eigenvalue weighted by Gasteiger charge is 2.28. The Labute approximate surface area is 119 Å². The number of nitrogens with zero attached hydrogens (tertiary/aromatic N) is 1. The highest BCUT2D eigenvalue weighted by molar-refractivity contribution is 6.61. The van der Waals surface area contributed by atoms with Gasteiger partial charge in [-0.15, -0.1) is 5.16 Å². The SMILES string of the molecule is CCc1ccc(B2OCC(c3ccccc3)=NO2)cc1. The van der Waals surface area contributed by atoms with Crippen molar-refractivity contribution >= 4 is 18.3 Å². The molecule has 2 aromatic carbocycles. The Kier molecular flexibility index (Phi) is 3.84. The lowest BCUT2D eigenvalue weighted by Crippen LogP contribution is -2.40. The summed E-state index contributed by atoms with van der Waals surface area (Å²) < 4.78 is 11.2. The van der Waals surface area contributed by atoms with Gasteiger partial charge < -0.3 is 9.41 Å². The van der Waals surface area contributed by atoms with Crippen LogP contribution < -0.4 is 5.46 Å². The quantitative estimate of drug-likeness (QED) is 0.798. The Balaban J connectivity index is 1.72. The molecule has 0 atom stereocenters. The van der Waals surface area contributed by atoms with E-state index in [1.807, 2.05) is 42.5 Å². The van der Waals surface area contributed by atoms with Crippen LogP contribution in [0.25, 0.3) is 0 Å². The zero-order chi connectivity index (χ0) is 13.8. The number of benzene rings is 2. The zero-order valence-corrected chi connectivity index (χ0v) is 11.5. The predicted octanol–water partition coefficient (Wildman–Crippen LogP) is 2.40. The van der Waals surface area contributed by atoms with Gasteiger partial charge in [-0.05, 0) is 17.4 Å². The first-order valence-corrected chi connectivity index (χ1v) is 6.85. The third-order valence-corrected chi connectivity index (χ3v) is 3.40. The summed E-state index contributed by atoms with van der Waals surface area (Å²) in [5.74, 6) is 0. The van der Waals surface area contributed by atoms with Crippen LogP contribution in [0.3, 0.4) is 0 Å². The average molecular weight is 265 g/mol. The van der Waals surface area contributed by atoms with Gasteiger partial charge in [0.05, 0.1) is 6.61 Å². The number of rotatable bonds is 3. The van der Waals surface area contributed by atoms with Gasteiger partial charge in [0.2, 0.25) is 0 Å². The predicted molar refractivity (Wildman–Crippen MR) is 81.2 cm³/mol. The van der Waals surface area contributed by atoms with Crippen molar-refractivity contribution in [2.24, 2.45) is 5.16 Å². The normalized spacial score (nSPS) is 14.7. The molecule has 1 aliphatic rings. The molecule has 0 aliphatic carbocycles. The van der Waals surface area contributed by atoms with Crippen LogP contribution in [-0.2, 0) is 15.8 Å². The van der Waals surface area contributed by atoms with Crippen LogP contribution >= 0.6 is 0 Å². The Hall–Kier alpha value is -2.07. The van der Waals surface area contributed by atoms with Crippen molar-refractivity contribution < 1.29 is 9.41 Å². The van der Waals surface area contributed by atoms with E-state index >= 15 is 0 Å². The van der Waals surface area contributed by atoms with Gasteiger partial charge in [0.25, 0.3) is 0 Å². The third-order valence-electron chi connectivity index (χ3n) is 3.40. The molecule has 100 valence electrons. The van der Waals surface area contributed by atoms with Crippen LogP contribution in [-0.4, -0.2) is 19.4 Å².